The minimum atomic E-state index is -0.107. The third-order valence-corrected chi connectivity index (χ3v) is 5.34. The zero-order valence-corrected chi connectivity index (χ0v) is 15.1. The molecule has 2 aliphatic rings. The highest BCUT2D eigenvalue weighted by Gasteiger charge is 2.32. The summed E-state index contributed by atoms with van der Waals surface area (Å²) in [5.41, 5.74) is 2.50. The molecule has 0 spiro atoms. The van der Waals surface area contributed by atoms with Crippen molar-refractivity contribution in [1.29, 1.82) is 0 Å². The molecule has 0 radical (unpaired) electrons. The molecule has 2 saturated heterocycles. The molecule has 1 unspecified atom stereocenters. The first-order valence-electron chi connectivity index (χ1n) is 9.50. The second kappa shape index (κ2) is 8.13. The van der Waals surface area contributed by atoms with E-state index < -0.39 is 0 Å². The quantitative estimate of drug-likeness (QED) is 0.923. The van der Waals surface area contributed by atoms with E-state index in [4.69, 9.17) is 0 Å². The molecule has 0 bridgehead atoms. The van der Waals surface area contributed by atoms with Gasteiger partial charge in [-0.15, -0.1) is 0 Å². The lowest BCUT2D eigenvalue weighted by atomic mass is 9.96. The van der Waals surface area contributed by atoms with Crippen LogP contribution in [0.5, 0.6) is 0 Å². The van der Waals surface area contributed by atoms with Gasteiger partial charge in [-0.2, -0.15) is 0 Å². The summed E-state index contributed by atoms with van der Waals surface area (Å²) in [5.74, 6) is 0.812. The average molecular weight is 329 g/mol. The van der Waals surface area contributed by atoms with Crippen LogP contribution in [-0.2, 0) is 4.79 Å². The van der Waals surface area contributed by atoms with Crippen LogP contribution in [0.15, 0.2) is 24.3 Å². The van der Waals surface area contributed by atoms with E-state index in [0.29, 0.717) is 5.92 Å². The van der Waals surface area contributed by atoms with Crippen LogP contribution < -0.4 is 5.32 Å². The Morgan fingerprint density at radius 1 is 0.917 bits per heavy atom. The van der Waals surface area contributed by atoms with Crippen LogP contribution in [0.25, 0.3) is 0 Å². The number of carbonyl (C=O) groups is 1. The number of likely N-dealkylation sites (tertiary alicyclic amines) is 1. The number of nitrogens with one attached hydrogen (secondary N) is 1. The first-order chi connectivity index (χ1) is 11.7. The van der Waals surface area contributed by atoms with Gasteiger partial charge in [0.15, 0.2) is 0 Å². The lowest BCUT2D eigenvalue weighted by Crippen LogP contribution is -2.51. The van der Waals surface area contributed by atoms with E-state index in [1.165, 1.54) is 24.8 Å². The van der Waals surface area contributed by atoms with E-state index >= 15 is 0 Å². The molecule has 4 heteroatoms. The molecule has 2 fully saturated rings. The number of hydrogen-bond donors (Lipinski definition) is 1. The van der Waals surface area contributed by atoms with Crippen molar-refractivity contribution in [3.63, 3.8) is 0 Å². The van der Waals surface area contributed by atoms with Crippen molar-refractivity contribution in [2.75, 3.05) is 39.3 Å². The molecule has 24 heavy (non-hydrogen) atoms. The Balaban J connectivity index is 1.84. The molecule has 1 amide bonds. The van der Waals surface area contributed by atoms with E-state index in [-0.39, 0.29) is 11.9 Å². The monoisotopic (exact) mass is 329 g/mol. The summed E-state index contributed by atoms with van der Waals surface area (Å²) in [6.45, 7) is 9.96. The molecule has 3 rings (SSSR count). The average Bonchev–Trinajstić information content (AvgIpc) is 2.64. The zero-order chi connectivity index (χ0) is 16.9. The number of hydrogen-bond acceptors (Lipinski definition) is 3. The van der Waals surface area contributed by atoms with Crippen LogP contribution in [0.4, 0.5) is 0 Å². The predicted octanol–water partition coefficient (Wildman–Crippen LogP) is 2.77. The lowest BCUT2D eigenvalue weighted by Gasteiger charge is -2.38. The molecule has 2 heterocycles. The van der Waals surface area contributed by atoms with E-state index in [2.05, 4.69) is 48.3 Å². The van der Waals surface area contributed by atoms with Crippen LogP contribution in [0.3, 0.4) is 0 Å². The van der Waals surface area contributed by atoms with Crippen molar-refractivity contribution in [3.05, 3.63) is 35.4 Å². The third-order valence-electron chi connectivity index (χ3n) is 5.34. The lowest BCUT2D eigenvalue weighted by molar-refractivity contribution is -0.138. The molecular formula is C20H31N3O. The second-order valence-corrected chi connectivity index (χ2v) is 7.40. The first kappa shape index (κ1) is 17.4. The molecule has 0 aromatic heterocycles. The van der Waals surface area contributed by atoms with E-state index in [1.807, 2.05) is 4.90 Å². The number of piperidine rings is 1. The van der Waals surface area contributed by atoms with Gasteiger partial charge in [-0.3, -0.25) is 9.69 Å². The molecule has 1 aromatic rings. The molecule has 1 atom stereocenters. The topological polar surface area (TPSA) is 35.6 Å². The Morgan fingerprint density at radius 3 is 2.08 bits per heavy atom. The van der Waals surface area contributed by atoms with Gasteiger partial charge in [0, 0.05) is 26.2 Å². The van der Waals surface area contributed by atoms with Gasteiger partial charge in [0.2, 0.25) is 5.91 Å². The highest BCUT2D eigenvalue weighted by Crippen LogP contribution is 2.28. The van der Waals surface area contributed by atoms with Crippen molar-refractivity contribution in [2.45, 2.75) is 45.1 Å². The summed E-state index contributed by atoms with van der Waals surface area (Å²) in [7, 11) is 0. The molecule has 0 saturated carbocycles. The summed E-state index contributed by atoms with van der Waals surface area (Å²) in [6.07, 6.45) is 3.70. The van der Waals surface area contributed by atoms with Gasteiger partial charge >= 0.3 is 0 Å². The number of carbonyl (C=O) groups excluding carboxylic acids is 1. The van der Waals surface area contributed by atoms with E-state index in [1.54, 1.807) is 0 Å². The van der Waals surface area contributed by atoms with Crippen LogP contribution in [0.1, 0.15) is 56.2 Å². The predicted molar refractivity (Wildman–Crippen MR) is 98.1 cm³/mol. The van der Waals surface area contributed by atoms with Crippen molar-refractivity contribution in [1.82, 2.24) is 15.1 Å². The number of rotatable bonds is 4. The summed E-state index contributed by atoms with van der Waals surface area (Å²) in [5, 5.41) is 3.34. The molecule has 1 aromatic carbocycles. The molecular weight excluding hydrogens is 298 g/mol. The molecule has 132 valence electrons. The van der Waals surface area contributed by atoms with E-state index in [0.717, 1.165) is 44.8 Å². The van der Waals surface area contributed by atoms with Crippen LogP contribution in [0.2, 0.25) is 0 Å². The molecule has 1 N–H and O–H groups in total. The highest BCUT2D eigenvalue weighted by atomic mass is 16.2. The first-order valence-corrected chi connectivity index (χ1v) is 9.50. The summed E-state index contributed by atoms with van der Waals surface area (Å²) < 4.78 is 0. The normalized spacial score (nSPS) is 21.0. The maximum absolute atomic E-state index is 13.3. The van der Waals surface area contributed by atoms with Crippen LogP contribution >= 0.6 is 0 Å². The Labute approximate surface area is 146 Å². The Kier molecular flexibility index (Phi) is 5.90. The second-order valence-electron chi connectivity index (χ2n) is 7.40. The van der Waals surface area contributed by atoms with Crippen molar-refractivity contribution < 1.29 is 4.79 Å². The number of amides is 1. The largest absolute Gasteiger partial charge is 0.338 e. The standard InChI is InChI=1S/C20H31N3O/c1-16(2)17-6-8-18(9-7-17)19(22-12-4-3-5-13-22)20(24)23-14-10-21-11-15-23/h6-9,16,19,21H,3-5,10-15H2,1-2H3. The smallest absolute Gasteiger partial charge is 0.244 e. The fourth-order valence-electron chi connectivity index (χ4n) is 3.81. The fourth-order valence-corrected chi connectivity index (χ4v) is 3.81. The SMILES string of the molecule is CC(C)c1ccc(C(C(=O)N2CCNCC2)N2CCCCC2)cc1. The molecule has 0 aliphatic carbocycles. The number of nitrogens with zero attached hydrogens (tertiary/aromatic N) is 2. The van der Waals surface area contributed by atoms with Gasteiger partial charge in [0.25, 0.3) is 0 Å². The van der Waals surface area contributed by atoms with Crippen LogP contribution in [-0.4, -0.2) is 55.0 Å². The number of benzene rings is 1. The van der Waals surface area contributed by atoms with Crippen LogP contribution in [0, 0.1) is 0 Å². The summed E-state index contributed by atoms with van der Waals surface area (Å²) in [4.78, 5) is 17.7. The van der Waals surface area contributed by atoms with Gasteiger partial charge in [-0.25, -0.2) is 0 Å². The Bertz CT molecular complexity index is 528. The summed E-state index contributed by atoms with van der Waals surface area (Å²) in [6, 6.07) is 8.64. The van der Waals surface area contributed by atoms with Gasteiger partial charge in [-0.1, -0.05) is 44.5 Å². The molecule has 4 nitrogen and oxygen atoms in total. The van der Waals surface area contributed by atoms with Gasteiger partial charge in [0.1, 0.15) is 6.04 Å². The fraction of sp³-hybridized carbons (Fsp3) is 0.650. The van der Waals surface area contributed by atoms with Crippen molar-refractivity contribution in [3.8, 4) is 0 Å². The molecule has 2 aliphatic heterocycles. The highest BCUT2D eigenvalue weighted by molar-refractivity contribution is 5.83. The minimum absolute atomic E-state index is 0.107. The van der Waals surface area contributed by atoms with Gasteiger partial charge in [-0.05, 0) is 43.0 Å². The maximum atomic E-state index is 13.3. The van der Waals surface area contributed by atoms with E-state index in [9.17, 15) is 4.79 Å². The number of piperazine rings is 1. The Morgan fingerprint density at radius 2 is 1.50 bits per heavy atom. The van der Waals surface area contributed by atoms with Crippen molar-refractivity contribution >= 4 is 5.91 Å². The van der Waals surface area contributed by atoms with Gasteiger partial charge < -0.3 is 10.2 Å². The maximum Gasteiger partial charge on any atom is 0.244 e. The third kappa shape index (κ3) is 3.98. The summed E-state index contributed by atoms with van der Waals surface area (Å²) >= 11 is 0. The Hall–Kier alpha value is -1.39. The van der Waals surface area contributed by atoms with Crippen molar-refractivity contribution in [2.24, 2.45) is 0 Å². The van der Waals surface area contributed by atoms with Gasteiger partial charge in [0.05, 0.1) is 0 Å². The zero-order valence-electron chi connectivity index (χ0n) is 15.1. The minimum Gasteiger partial charge on any atom is -0.338 e.